The van der Waals surface area contributed by atoms with E-state index in [-0.39, 0.29) is 0 Å². The Morgan fingerprint density at radius 3 is 3.35 bits per heavy atom. The zero-order valence-corrected chi connectivity index (χ0v) is 11.2. The van der Waals surface area contributed by atoms with Crippen LogP contribution in [-0.2, 0) is 13.0 Å². The average Bonchev–Trinajstić information content (AvgIpc) is 3.13. The van der Waals surface area contributed by atoms with Gasteiger partial charge in [0.05, 0.1) is 11.9 Å². The van der Waals surface area contributed by atoms with E-state index in [9.17, 15) is 0 Å². The molecule has 0 saturated heterocycles. The van der Waals surface area contributed by atoms with Gasteiger partial charge in [0.2, 0.25) is 6.79 Å². The smallest absolute Gasteiger partial charge is 0.231 e. The number of aromatic nitrogens is 2. The first-order valence-corrected chi connectivity index (χ1v) is 7.05. The monoisotopic (exact) mass is 271 g/mol. The first kappa shape index (κ1) is 11.8. The Morgan fingerprint density at radius 2 is 2.35 bits per heavy atom. The molecule has 2 heterocycles. The number of fused-ring (bicyclic) bond motifs is 2. The zero-order chi connectivity index (χ0) is 13.4. The SMILES string of the molecule is c1cc(CN[C@H]2CCCc3cn[nH]c32)c2c(c1)OCO2. The maximum absolute atomic E-state index is 5.54. The highest BCUT2D eigenvalue weighted by Crippen LogP contribution is 2.36. The van der Waals surface area contributed by atoms with Crippen molar-refractivity contribution in [1.82, 2.24) is 15.5 Å². The second kappa shape index (κ2) is 4.83. The molecule has 0 fully saturated rings. The number of aryl methyl sites for hydroxylation is 1. The molecule has 20 heavy (non-hydrogen) atoms. The number of nitrogens with zero attached hydrogens (tertiary/aromatic N) is 1. The number of rotatable bonds is 3. The molecule has 0 amide bonds. The van der Waals surface area contributed by atoms with Crippen molar-refractivity contribution in [3.63, 3.8) is 0 Å². The van der Waals surface area contributed by atoms with Crippen LogP contribution in [-0.4, -0.2) is 17.0 Å². The molecule has 0 radical (unpaired) electrons. The van der Waals surface area contributed by atoms with E-state index in [0.29, 0.717) is 12.8 Å². The fraction of sp³-hybridized carbons (Fsp3) is 0.400. The Morgan fingerprint density at radius 1 is 1.35 bits per heavy atom. The predicted octanol–water partition coefficient (Wildman–Crippen LogP) is 2.31. The summed E-state index contributed by atoms with van der Waals surface area (Å²) in [4.78, 5) is 0. The fourth-order valence-electron chi connectivity index (χ4n) is 3.03. The highest BCUT2D eigenvalue weighted by Gasteiger charge is 2.23. The zero-order valence-electron chi connectivity index (χ0n) is 11.2. The molecule has 1 aliphatic carbocycles. The molecule has 5 nitrogen and oxygen atoms in total. The molecule has 1 atom stereocenters. The molecule has 1 aromatic heterocycles. The molecule has 2 aliphatic rings. The molecular weight excluding hydrogens is 254 g/mol. The summed E-state index contributed by atoms with van der Waals surface area (Å²) in [6.07, 6.45) is 5.42. The van der Waals surface area contributed by atoms with Gasteiger partial charge in [-0.25, -0.2) is 0 Å². The van der Waals surface area contributed by atoms with Gasteiger partial charge in [-0.1, -0.05) is 12.1 Å². The summed E-state index contributed by atoms with van der Waals surface area (Å²) >= 11 is 0. The van der Waals surface area contributed by atoms with Crippen molar-refractivity contribution >= 4 is 0 Å². The molecule has 4 rings (SSSR count). The van der Waals surface area contributed by atoms with Crippen molar-refractivity contribution in [1.29, 1.82) is 0 Å². The van der Waals surface area contributed by atoms with Crippen LogP contribution >= 0.6 is 0 Å². The number of nitrogens with one attached hydrogen (secondary N) is 2. The molecule has 104 valence electrons. The van der Waals surface area contributed by atoms with Gasteiger partial charge in [-0.15, -0.1) is 0 Å². The van der Waals surface area contributed by atoms with Crippen molar-refractivity contribution in [3.05, 3.63) is 41.2 Å². The van der Waals surface area contributed by atoms with Gasteiger partial charge in [0.1, 0.15) is 0 Å². The Hall–Kier alpha value is -2.01. The van der Waals surface area contributed by atoms with Crippen LogP contribution in [0.2, 0.25) is 0 Å². The summed E-state index contributed by atoms with van der Waals surface area (Å²) < 4.78 is 11.0. The maximum Gasteiger partial charge on any atom is 0.231 e. The van der Waals surface area contributed by atoms with Gasteiger partial charge in [0.25, 0.3) is 0 Å². The number of H-pyrrole nitrogens is 1. The van der Waals surface area contributed by atoms with Crippen LogP contribution in [0.15, 0.2) is 24.4 Å². The van der Waals surface area contributed by atoms with Gasteiger partial charge in [-0.3, -0.25) is 5.10 Å². The highest BCUT2D eigenvalue weighted by atomic mass is 16.7. The first-order chi connectivity index (χ1) is 9.92. The topological polar surface area (TPSA) is 59.2 Å². The number of benzene rings is 1. The van der Waals surface area contributed by atoms with Crippen molar-refractivity contribution in [2.45, 2.75) is 31.8 Å². The molecule has 0 spiro atoms. The Labute approximate surface area is 117 Å². The van der Waals surface area contributed by atoms with E-state index >= 15 is 0 Å². The second-order valence-electron chi connectivity index (χ2n) is 5.29. The van der Waals surface area contributed by atoms with Crippen LogP contribution < -0.4 is 14.8 Å². The number of hydrogen-bond acceptors (Lipinski definition) is 4. The maximum atomic E-state index is 5.54. The largest absolute Gasteiger partial charge is 0.454 e. The van der Waals surface area contributed by atoms with Crippen LogP contribution in [0.5, 0.6) is 11.5 Å². The minimum atomic E-state index is 0.320. The Balaban J connectivity index is 1.51. The number of ether oxygens (including phenoxy) is 2. The molecule has 2 aromatic rings. The van der Waals surface area contributed by atoms with Crippen molar-refractivity contribution in [2.24, 2.45) is 0 Å². The van der Waals surface area contributed by atoms with E-state index in [1.807, 2.05) is 18.3 Å². The van der Waals surface area contributed by atoms with Gasteiger partial charge in [-0.05, 0) is 30.9 Å². The average molecular weight is 271 g/mol. The van der Waals surface area contributed by atoms with E-state index in [1.54, 1.807) is 0 Å². The number of para-hydroxylation sites is 1. The lowest BCUT2D eigenvalue weighted by molar-refractivity contribution is 0.173. The Bertz CT molecular complexity index is 623. The van der Waals surface area contributed by atoms with Crippen LogP contribution in [0, 0.1) is 0 Å². The van der Waals surface area contributed by atoms with Gasteiger partial charge in [-0.2, -0.15) is 5.10 Å². The summed E-state index contributed by atoms with van der Waals surface area (Å²) in [7, 11) is 0. The fourth-order valence-corrected chi connectivity index (χ4v) is 3.03. The normalized spacial score (nSPS) is 19.9. The van der Waals surface area contributed by atoms with Crippen LogP contribution in [0.4, 0.5) is 0 Å². The first-order valence-electron chi connectivity index (χ1n) is 7.05. The van der Waals surface area contributed by atoms with Crippen LogP contribution in [0.1, 0.15) is 35.7 Å². The molecular formula is C15H17N3O2. The summed E-state index contributed by atoms with van der Waals surface area (Å²) in [5.74, 6) is 1.72. The van der Waals surface area contributed by atoms with Crippen LogP contribution in [0.3, 0.4) is 0 Å². The molecule has 1 aromatic carbocycles. The van der Waals surface area contributed by atoms with E-state index in [1.165, 1.54) is 17.7 Å². The minimum Gasteiger partial charge on any atom is -0.454 e. The third kappa shape index (κ3) is 1.94. The van der Waals surface area contributed by atoms with E-state index in [0.717, 1.165) is 36.4 Å². The molecule has 0 unspecified atom stereocenters. The van der Waals surface area contributed by atoms with Gasteiger partial charge in [0.15, 0.2) is 11.5 Å². The summed E-state index contributed by atoms with van der Waals surface area (Å²) in [6, 6.07) is 6.38. The molecule has 2 N–H and O–H groups in total. The lowest BCUT2D eigenvalue weighted by Crippen LogP contribution is -2.25. The quantitative estimate of drug-likeness (QED) is 0.899. The van der Waals surface area contributed by atoms with Gasteiger partial charge < -0.3 is 14.8 Å². The summed E-state index contributed by atoms with van der Waals surface area (Å²) in [6.45, 7) is 1.09. The van der Waals surface area contributed by atoms with Gasteiger partial charge in [0, 0.05) is 18.2 Å². The minimum absolute atomic E-state index is 0.320. The van der Waals surface area contributed by atoms with Crippen molar-refractivity contribution in [2.75, 3.05) is 6.79 Å². The van der Waals surface area contributed by atoms with E-state index < -0.39 is 0 Å². The predicted molar refractivity (Wildman–Crippen MR) is 73.7 cm³/mol. The molecule has 1 aliphatic heterocycles. The summed E-state index contributed by atoms with van der Waals surface area (Å²) in [5, 5.41) is 10.9. The second-order valence-corrected chi connectivity index (χ2v) is 5.29. The van der Waals surface area contributed by atoms with Gasteiger partial charge >= 0.3 is 0 Å². The number of aromatic amines is 1. The molecule has 0 bridgehead atoms. The Kier molecular flexibility index (Phi) is 2.85. The van der Waals surface area contributed by atoms with E-state index in [2.05, 4.69) is 21.6 Å². The molecule has 0 saturated carbocycles. The van der Waals surface area contributed by atoms with Crippen molar-refractivity contribution in [3.8, 4) is 11.5 Å². The standard InChI is InChI=1S/C15H17N3O2/c1-3-10-8-17-18-14(10)12(5-1)16-7-11-4-2-6-13-15(11)20-9-19-13/h2,4,6,8,12,16H,1,3,5,7,9H2,(H,17,18)/t12-/m0/s1. The number of hydrogen-bond donors (Lipinski definition) is 2. The third-order valence-corrected chi connectivity index (χ3v) is 4.06. The lowest BCUT2D eigenvalue weighted by atomic mass is 9.93. The molecule has 5 heteroatoms. The highest BCUT2D eigenvalue weighted by molar-refractivity contribution is 5.48. The van der Waals surface area contributed by atoms with Crippen LogP contribution in [0.25, 0.3) is 0 Å². The summed E-state index contributed by atoms with van der Waals surface area (Å²) in [5.41, 5.74) is 3.72. The van der Waals surface area contributed by atoms with Crippen molar-refractivity contribution < 1.29 is 9.47 Å². The lowest BCUT2D eigenvalue weighted by Gasteiger charge is -2.23. The van der Waals surface area contributed by atoms with E-state index in [4.69, 9.17) is 9.47 Å². The third-order valence-electron chi connectivity index (χ3n) is 4.06.